The van der Waals surface area contributed by atoms with E-state index >= 15 is 0 Å². The first-order valence-corrected chi connectivity index (χ1v) is 7.78. The molecule has 0 radical (unpaired) electrons. The van der Waals surface area contributed by atoms with Crippen molar-refractivity contribution >= 4 is 11.9 Å². The van der Waals surface area contributed by atoms with Crippen LogP contribution in [0, 0.1) is 17.6 Å². The number of methoxy groups -OCH3 is 1. The van der Waals surface area contributed by atoms with Crippen LogP contribution in [0.5, 0.6) is 0 Å². The molecule has 0 spiro atoms. The standard InChI is InChI=1S/C19H19F2NO3/c1-13(19(24)25-2)11-22(12-14-7-9-15(20)10-8-14)18(23)16-5-3-4-6-17(16)21/h3-10,13H,11-12H2,1-2H3. The Hall–Kier alpha value is -2.76. The van der Waals surface area contributed by atoms with Gasteiger partial charge in [-0.25, -0.2) is 8.78 Å². The third kappa shape index (κ3) is 4.86. The molecule has 2 aromatic carbocycles. The first kappa shape index (κ1) is 18.6. The number of esters is 1. The van der Waals surface area contributed by atoms with Crippen LogP contribution in [0.25, 0.3) is 0 Å². The van der Waals surface area contributed by atoms with E-state index in [0.29, 0.717) is 5.56 Å². The van der Waals surface area contributed by atoms with Crippen LogP contribution in [-0.4, -0.2) is 30.4 Å². The molecular formula is C19H19F2NO3. The predicted molar refractivity (Wildman–Crippen MR) is 88.7 cm³/mol. The van der Waals surface area contributed by atoms with Crippen molar-refractivity contribution in [3.8, 4) is 0 Å². The maximum atomic E-state index is 14.0. The summed E-state index contributed by atoms with van der Waals surface area (Å²) in [6.45, 7) is 1.80. The quantitative estimate of drug-likeness (QED) is 0.752. The average Bonchev–Trinajstić information content (AvgIpc) is 2.62. The van der Waals surface area contributed by atoms with E-state index in [-0.39, 0.29) is 18.7 Å². The number of halogens is 2. The van der Waals surface area contributed by atoms with Gasteiger partial charge in [0.1, 0.15) is 11.6 Å². The van der Waals surface area contributed by atoms with Crippen molar-refractivity contribution < 1.29 is 23.1 Å². The van der Waals surface area contributed by atoms with E-state index < -0.39 is 29.4 Å². The lowest BCUT2D eigenvalue weighted by atomic mass is 10.1. The molecule has 0 fully saturated rings. The Labute approximate surface area is 145 Å². The van der Waals surface area contributed by atoms with E-state index in [0.717, 1.165) is 0 Å². The molecule has 2 rings (SSSR count). The van der Waals surface area contributed by atoms with Crippen molar-refractivity contribution in [2.24, 2.45) is 5.92 Å². The Bertz CT molecular complexity index is 747. The van der Waals surface area contributed by atoms with Crippen molar-refractivity contribution in [1.29, 1.82) is 0 Å². The average molecular weight is 347 g/mol. The van der Waals surface area contributed by atoms with Crippen LogP contribution < -0.4 is 0 Å². The minimum Gasteiger partial charge on any atom is -0.469 e. The van der Waals surface area contributed by atoms with Gasteiger partial charge in [0.05, 0.1) is 18.6 Å². The molecule has 0 bridgehead atoms. The van der Waals surface area contributed by atoms with Gasteiger partial charge in [-0.1, -0.05) is 31.2 Å². The van der Waals surface area contributed by atoms with Crippen molar-refractivity contribution in [3.63, 3.8) is 0 Å². The summed E-state index contributed by atoms with van der Waals surface area (Å²) in [4.78, 5) is 25.8. The Kier molecular flexibility index (Phi) is 6.22. The molecule has 0 aliphatic rings. The molecule has 0 heterocycles. The minimum atomic E-state index is -0.637. The van der Waals surface area contributed by atoms with Gasteiger partial charge in [0, 0.05) is 13.1 Å². The van der Waals surface area contributed by atoms with Crippen LogP contribution in [0.2, 0.25) is 0 Å². The molecule has 1 unspecified atom stereocenters. The predicted octanol–water partition coefficient (Wildman–Crippen LogP) is 3.42. The Morgan fingerprint density at radius 2 is 1.72 bits per heavy atom. The molecule has 6 heteroatoms. The van der Waals surface area contributed by atoms with E-state index in [9.17, 15) is 18.4 Å². The summed E-state index contributed by atoms with van der Waals surface area (Å²) >= 11 is 0. The summed E-state index contributed by atoms with van der Waals surface area (Å²) < 4.78 is 31.7. The van der Waals surface area contributed by atoms with E-state index in [2.05, 4.69) is 4.74 Å². The number of rotatable bonds is 6. The van der Waals surface area contributed by atoms with E-state index in [1.807, 2.05) is 0 Å². The second-order valence-corrected chi connectivity index (χ2v) is 5.72. The molecule has 1 atom stereocenters. The summed E-state index contributed by atoms with van der Waals surface area (Å²) in [5, 5.41) is 0. The summed E-state index contributed by atoms with van der Waals surface area (Å²) in [7, 11) is 1.27. The highest BCUT2D eigenvalue weighted by atomic mass is 19.1. The van der Waals surface area contributed by atoms with Gasteiger partial charge in [-0.2, -0.15) is 0 Å². The third-order valence-corrected chi connectivity index (χ3v) is 3.78. The second kappa shape index (κ2) is 8.37. The number of carbonyl (C=O) groups is 2. The van der Waals surface area contributed by atoms with Gasteiger partial charge in [0.25, 0.3) is 5.91 Å². The second-order valence-electron chi connectivity index (χ2n) is 5.72. The molecule has 4 nitrogen and oxygen atoms in total. The van der Waals surface area contributed by atoms with Crippen LogP contribution in [-0.2, 0) is 16.1 Å². The fourth-order valence-electron chi connectivity index (χ4n) is 2.44. The maximum absolute atomic E-state index is 14.0. The topological polar surface area (TPSA) is 46.6 Å². The van der Waals surface area contributed by atoms with Crippen molar-refractivity contribution in [1.82, 2.24) is 4.90 Å². The zero-order chi connectivity index (χ0) is 18.4. The van der Waals surface area contributed by atoms with Crippen LogP contribution >= 0.6 is 0 Å². The molecule has 0 aromatic heterocycles. The third-order valence-electron chi connectivity index (χ3n) is 3.78. The van der Waals surface area contributed by atoms with Gasteiger partial charge >= 0.3 is 5.97 Å². The van der Waals surface area contributed by atoms with Gasteiger partial charge in [0.2, 0.25) is 0 Å². The van der Waals surface area contributed by atoms with Crippen molar-refractivity contribution in [2.75, 3.05) is 13.7 Å². The van der Waals surface area contributed by atoms with Crippen molar-refractivity contribution in [3.05, 3.63) is 71.3 Å². The monoisotopic (exact) mass is 347 g/mol. The Morgan fingerprint density at radius 1 is 1.08 bits per heavy atom. The molecule has 25 heavy (non-hydrogen) atoms. The lowest BCUT2D eigenvalue weighted by Gasteiger charge is -2.25. The minimum absolute atomic E-state index is 0.0528. The molecule has 1 amide bonds. The van der Waals surface area contributed by atoms with Gasteiger partial charge in [0.15, 0.2) is 0 Å². The summed E-state index contributed by atoms with van der Waals surface area (Å²) in [6.07, 6.45) is 0. The van der Waals surface area contributed by atoms with Gasteiger partial charge in [-0.15, -0.1) is 0 Å². The normalized spacial score (nSPS) is 11.7. The number of benzene rings is 2. The van der Waals surface area contributed by atoms with Gasteiger partial charge in [-0.05, 0) is 29.8 Å². The van der Waals surface area contributed by atoms with Crippen LogP contribution in [0.3, 0.4) is 0 Å². The summed E-state index contributed by atoms with van der Waals surface area (Å²) in [5.74, 6) is -2.62. The molecule has 0 saturated carbocycles. The summed E-state index contributed by atoms with van der Waals surface area (Å²) in [6, 6.07) is 11.3. The number of amides is 1. The molecule has 0 aliphatic heterocycles. The largest absolute Gasteiger partial charge is 0.469 e. The fraction of sp³-hybridized carbons (Fsp3) is 0.263. The molecule has 132 valence electrons. The number of hydrogen-bond acceptors (Lipinski definition) is 3. The molecule has 2 aromatic rings. The molecular weight excluding hydrogens is 328 g/mol. The number of nitrogens with zero attached hydrogens (tertiary/aromatic N) is 1. The first-order valence-electron chi connectivity index (χ1n) is 7.78. The first-order chi connectivity index (χ1) is 11.9. The SMILES string of the molecule is COC(=O)C(C)CN(Cc1ccc(F)cc1)C(=O)c1ccccc1F. The van der Waals surface area contributed by atoms with Crippen LogP contribution in [0.15, 0.2) is 48.5 Å². The molecule has 0 aliphatic carbocycles. The summed E-state index contributed by atoms with van der Waals surface area (Å²) in [5.41, 5.74) is 0.588. The van der Waals surface area contributed by atoms with Crippen LogP contribution in [0.1, 0.15) is 22.8 Å². The lowest BCUT2D eigenvalue weighted by Crippen LogP contribution is -2.37. The van der Waals surface area contributed by atoms with E-state index in [4.69, 9.17) is 0 Å². The van der Waals surface area contributed by atoms with Gasteiger partial charge < -0.3 is 9.64 Å². The maximum Gasteiger partial charge on any atom is 0.310 e. The fourth-order valence-corrected chi connectivity index (χ4v) is 2.44. The van der Waals surface area contributed by atoms with E-state index in [1.165, 1.54) is 42.3 Å². The van der Waals surface area contributed by atoms with E-state index in [1.54, 1.807) is 25.1 Å². The zero-order valence-electron chi connectivity index (χ0n) is 14.0. The highest BCUT2D eigenvalue weighted by Gasteiger charge is 2.24. The Balaban J connectivity index is 2.27. The highest BCUT2D eigenvalue weighted by molar-refractivity contribution is 5.94. The van der Waals surface area contributed by atoms with Crippen molar-refractivity contribution in [2.45, 2.75) is 13.5 Å². The Morgan fingerprint density at radius 3 is 2.32 bits per heavy atom. The highest BCUT2D eigenvalue weighted by Crippen LogP contribution is 2.16. The smallest absolute Gasteiger partial charge is 0.310 e. The molecule has 0 saturated heterocycles. The number of hydrogen-bond donors (Lipinski definition) is 0. The lowest BCUT2D eigenvalue weighted by molar-refractivity contribution is -0.145. The zero-order valence-corrected chi connectivity index (χ0v) is 14.0. The number of ether oxygens (including phenoxy) is 1. The van der Waals surface area contributed by atoms with Gasteiger partial charge in [-0.3, -0.25) is 9.59 Å². The molecule has 0 N–H and O–H groups in total. The van der Waals surface area contributed by atoms with Crippen LogP contribution in [0.4, 0.5) is 8.78 Å². The number of carbonyl (C=O) groups excluding carboxylic acids is 2.